The molecule has 0 saturated heterocycles. The Morgan fingerprint density at radius 1 is 1.59 bits per heavy atom. The first-order chi connectivity index (χ1) is 8.20. The van der Waals surface area contributed by atoms with Gasteiger partial charge in [0.15, 0.2) is 0 Å². The van der Waals surface area contributed by atoms with Gasteiger partial charge in [-0.2, -0.15) is 0 Å². The van der Waals surface area contributed by atoms with Gasteiger partial charge in [-0.1, -0.05) is 29.5 Å². The fourth-order valence-corrected chi connectivity index (χ4v) is 1.87. The van der Waals surface area contributed by atoms with E-state index in [1.807, 2.05) is 19.1 Å². The number of aryl methyl sites for hydroxylation is 1. The monoisotopic (exact) mass is 346 g/mol. The summed E-state index contributed by atoms with van der Waals surface area (Å²) in [7, 11) is 0. The highest BCUT2D eigenvalue weighted by atomic mass is 127. The fourth-order valence-electron chi connectivity index (χ4n) is 1.75. The molecular formula is C13H15IO3. The number of hydrogen-bond donors (Lipinski definition) is 0. The molecule has 1 aliphatic rings. The number of ether oxygens (including phenoxy) is 2. The Labute approximate surface area is 115 Å². The molecule has 0 aliphatic carbocycles. The van der Waals surface area contributed by atoms with Gasteiger partial charge in [-0.15, -0.1) is 0 Å². The minimum Gasteiger partial charge on any atom is -0.493 e. The van der Waals surface area contributed by atoms with Gasteiger partial charge in [0.2, 0.25) is 0 Å². The largest absolute Gasteiger partial charge is 0.493 e. The molecule has 0 aromatic heterocycles. The molecule has 1 atom stereocenters. The second-order valence-corrected chi connectivity index (χ2v) is 5.52. The van der Waals surface area contributed by atoms with Crippen molar-refractivity contribution < 1.29 is 14.3 Å². The van der Waals surface area contributed by atoms with E-state index in [4.69, 9.17) is 9.47 Å². The summed E-state index contributed by atoms with van der Waals surface area (Å²) in [5.41, 5.74) is 1.13. The lowest BCUT2D eigenvalue weighted by molar-refractivity contribution is -0.133. The quantitative estimate of drug-likeness (QED) is 0.365. The van der Waals surface area contributed by atoms with Crippen molar-refractivity contribution in [2.24, 2.45) is 0 Å². The molecule has 0 N–H and O–H groups in total. The SMILES string of the molecule is CCC(I)C(=O)Oc1ccc2c(c1)CCCO2. The van der Waals surface area contributed by atoms with Crippen molar-refractivity contribution in [3.05, 3.63) is 23.8 Å². The van der Waals surface area contributed by atoms with E-state index in [0.717, 1.165) is 37.2 Å². The molecule has 0 saturated carbocycles. The molecule has 1 aromatic carbocycles. The lowest BCUT2D eigenvalue weighted by atomic mass is 10.1. The number of carbonyl (C=O) groups excluding carboxylic acids is 1. The van der Waals surface area contributed by atoms with Gasteiger partial charge < -0.3 is 9.47 Å². The number of rotatable bonds is 3. The van der Waals surface area contributed by atoms with Gasteiger partial charge in [-0.3, -0.25) is 4.79 Å². The lowest BCUT2D eigenvalue weighted by Crippen LogP contribution is -2.19. The Kier molecular flexibility index (Phi) is 4.25. The topological polar surface area (TPSA) is 35.5 Å². The van der Waals surface area contributed by atoms with Crippen molar-refractivity contribution >= 4 is 28.6 Å². The first kappa shape index (κ1) is 12.7. The third kappa shape index (κ3) is 3.12. The molecule has 0 radical (unpaired) electrons. The zero-order valence-corrected chi connectivity index (χ0v) is 11.9. The zero-order chi connectivity index (χ0) is 12.3. The van der Waals surface area contributed by atoms with E-state index < -0.39 is 0 Å². The van der Waals surface area contributed by atoms with Crippen LogP contribution < -0.4 is 9.47 Å². The highest BCUT2D eigenvalue weighted by Crippen LogP contribution is 2.28. The van der Waals surface area contributed by atoms with Crippen LogP contribution in [0.15, 0.2) is 18.2 Å². The summed E-state index contributed by atoms with van der Waals surface area (Å²) in [5.74, 6) is 1.36. The number of benzene rings is 1. The van der Waals surface area contributed by atoms with Crippen molar-refractivity contribution in [3.63, 3.8) is 0 Å². The van der Waals surface area contributed by atoms with E-state index in [2.05, 4.69) is 22.6 Å². The highest BCUT2D eigenvalue weighted by Gasteiger charge is 2.16. The van der Waals surface area contributed by atoms with E-state index in [-0.39, 0.29) is 9.89 Å². The van der Waals surface area contributed by atoms with Crippen molar-refractivity contribution in [3.8, 4) is 11.5 Å². The van der Waals surface area contributed by atoms with Crippen LogP contribution in [0.4, 0.5) is 0 Å². The van der Waals surface area contributed by atoms with E-state index in [1.165, 1.54) is 0 Å². The fraction of sp³-hybridized carbons (Fsp3) is 0.462. The van der Waals surface area contributed by atoms with Crippen LogP contribution >= 0.6 is 22.6 Å². The van der Waals surface area contributed by atoms with Crippen LogP contribution in [0.5, 0.6) is 11.5 Å². The van der Waals surface area contributed by atoms with Crippen LogP contribution in [0.25, 0.3) is 0 Å². The number of halogens is 1. The van der Waals surface area contributed by atoms with E-state index >= 15 is 0 Å². The van der Waals surface area contributed by atoms with Gasteiger partial charge in [0.1, 0.15) is 15.4 Å². The molecule has 92 valence electrons. The smallest absolute Gasteiger partial charge is 0.324 e. The van der Waals surface area contributed by atoms with E-state index in [0.29, 0.717) is 5.75 Å². The predicted octanol–water partition coefficient (Wildman–Crippen LogP) is 3.13. The van der Waals surface area contributed by atoms with Gasteiger partial charge in [-0.25, -0.2) is 0 Å². The Morgan fingerprint density at radius 3 is 3.18 bits per heavy atom. The molecule has 0 fully saturated rings. The molecule has 1 heterocycles. The molecule has 3 nitrogen and oxygen atoms in total. The third-order valence-electron chi connectivity index (χ3n) is 2.71. The minimum absolute atomic E-state index is 0.0834. The van der Waals surface area contributed by atoms with Gasteiger partial charge in [0.05, 0.1) is 6.61 Å². The normalized spacial score (nSPS) is 15.6. The Balaban J connectivity index is 2.09. The third-order valence-corrected chi connectivity index (χ3v) is 4.10. The average Bonchev–Trinajstić information content (AvgIpc) is 2.37. The maximum Gasteiger partial charge on any atom is 0.324 e. The molecule has 1 unspecified atom stereocenters. The van der Waals surface area contributed by atoms with Crippen molar-refractivity contribution in [1.29, 1.82) is 0 Å². The number of carbonyl (C=O) groups is 1. The van der Waals surface area contributed by atoms with Crippen molar-refractivity contribution in [1.82, 2.24) is 0 Å². The number of fused-ring (bicyclic) bond motifs is 1. The Hall–Kier alpha value is -0.780. The van der Waals surface area contributed by atoms with E-state index in [1.54, 1.807) is 6.07 Å². The standard InChI is InChI=1S/C13H15IO3/c1-2-11(14)13(15)17-10-5-6-12-9(8-10)4-3-7-16-12/h5-6,8,11H,2-4,7H2,1H3. The second-order valence-electron chi connectivity index (χ2n) is 4.02. The first-order valence-corrected chi connectivity index (χ1v) is 7.06. The number of alkyl halides is 1. The molecule has 1 aromatic rings. The molecule has 1 aliphatic heterocycles. The molecule has 4 heteroatoms. The van der Waals surface area contributed by atoms with Crippen molar-refractivity contribution in [2.45, 2.75) is 30.1 Å². The molecule has 0 amide bonds. The lowest BCUT2D eigenvalue weighted by Gasteiger charge is -2.17. The summed E-state index contributed by atoms with van der Waals surface area (Å²) in [6.45, 7) is 2.75. The molecule has 0 spiro atoms. The first-order valence-electron chi connectivity index (χ1n) is 5.82. The maximum absolute atomic E-state index is 11.7. The van der Waals surface area contributed by atoms with Gasteiger partial charge >= 0.3 is 5.97 Å². The van der Waals surface area contributed by atoms with Crippen LogP contribution in [0, 0.1) is 0 Å². The van der Waals surface area contributed by atoms with Gasteiger partial charge in [0, 0.05) is 0 Å². The predicted molar refractivity (Wildman–Crippen MR) is 74.0 cm³/mol. The summed E-state index contributed by atoms with van der Waals surface area (Å²) in [6, 6.07) is 5.58. The summed E-state index contributed by atoms with van der Waals surface area (Å²) in [4.78, 5) is 11.7. The highest BCUT2D eigenvalue weighted by molar-refractivity contribution is 14.1. The van der Waals surface area contributed by atoms with E-state index in [9.17, 15) is 4.79 Å². The summed E-state index contributed by atoms with van der Waals surface area (Å²) in [6.07, 6.45) is 2.80. The van der Waals surface area contributed by atoms with Gasteiger partial charge in [0.25, 0.3) is 0 Å². The summed E-state index contributed by atoms with van der Waals surface area (Å²) < 4.78 is 10.8. The Bertz CT molecular complexity index is 417. The molecular weight excluding hydrogens is 331 g/mol. The van der Waals surface area contributed by atoms with Crippen LogP contribution in [0.3, 0.4) is 0 Å². The van der Waals surface area contributed by atoms with Crippen LogP contribution in [0.1, 0.15) is 25.3 Å². The molecule has 0 bridgehead atoms. The zero-order valence-electron chi connectivity index (χ0n) is 9.74. The number of esters is 1. The van der Waals surface area contributed by atoms with Crippen LogP contribution in [-0.4, -0.2) is 16.5 Å². The second kappa shape index (κ2) is 5.71. The van der Waals surface area contributed by atoms with Gasteiger partial charge in [-0.05, 0) is 43.0 Å². The summed E-state index contributed by atoms with van der Waals surface area (Å²) in [5, 5.41) is 0. The minimum atomic E-state index is -0.176. The van der Waals surface area contributed by atoms with Crippen LogP contribution in [-0.2, 0) is 11.2 Å². The van der Waals surface area contributed by atoms with Crippen molar-refractivity contribution in [2.75, 3.05) is 6.61 Å². The molecule has 2 rings (SSSR count). The molecule has 17 heavy (non-hydrogen) atoms. The average molecular weight is 346 g/mol. The maximum atomic E-state index is 11.7. The Morgan fingerprint density at radius 2 is 2.41 bits per heavy atom. The summed E-state index contributed by atoms with van der Waals surface area (Å²) >= 11 is 2.10. The van der Waals surface area contributed by atoms with Crippen LogP contribution in [0.2, 0.25) is 0 Å². The number of hydrogen-bond acceptors (Lipinski definition) is 3.